The highest BCUT2D eigenvalue weighted by Crippen LogP contribution is 2.46. The van der Waals surface area contributed by atoms with Crippen molar-refractivity contribution in [3.05, 3.63) is 35.6 Å². The second kappa shape index (κ2) is 6.40. The molecule has 0 spiro atoms. The topological polar surface area (TPSA) is 41.1 Å². The highest BCUT2D eigenvalue weighted by atomic mass is 35.5. The molecule has 4 rings (SSSR count). The Morgan fingerprint density at radius 2 is 1.96 bits per heavy atom. The largest absolute Gasteiger partial charge is 0.347 e. The third-order valence-corrected chi connectivity index (χ3v) is 5.55. The second-order valence-corrected chi connectivity index (χ2v) is 7.32. The fraction of sp³-hybridized carbons (Fsp3) is 0.611. The molecule has 23 heavy (non-hydrogen) atoms. The van der Waals surface area contributed by atoms with E-state index >= 15 is 0 Å². The van der Waals surface area contributed by atoms with E-state index in [9.17, 15) is 9.18 Å². The van der Waals surface area contributed by atoms with E-state index in [2.05, 4.69) is 10.6 Å². The molecular formula is C18H24ClFN2O. The maximum Gasteiger partial charge on any atom is 0.220 e. The average Bonchev–Trinajstić information content (AvgIpc) is 3.18. The zero-order valence-corrected chi connectivity index (χ0v) is 14.0. The number of hydrogen-bond acceptors (Lipinski definition) is 2. The summed E-state index contributed by atoms with van der Waals surface area (Å²) in [6, 6.07) is 7.89. The molecule has 0 radical (unpaired) electrons. The van der Waals surface area contributed by atoms with E-state index in [1.165, 1.54) is 18.9 Å². The van der Waals surface area contributed by atoms with Gasteiger partial charge in [-0.2, -0.15) is 0 Å². The summed E-state index contributed by atoms with van der Waals surface area (Å²) >= 11 is 0. The van der Waals surface area contributed by atoms with Crippen molar-refractivity contribution in [3.8, 4) is 0 Å². The summed E-state index contributed by atoms with van der Waals surface area (Å²) in [6.45, 7) is 0. The number of halogens is 2. The molecule has 3 fully saturated rings. The Balaban J connectivity index is 0.00000156. The van der Waals surface area contributed by atoms with E-state index in [-0.39, 0.29) is 29.7 Å². The molecule has 2 N–H and O–H groups in total. The van der Waals surface area contributed by atoms with Crippen molar-refractivity contribution in [3.63, 3.8) is 0 Å². The standard InChI is InChI=1S/C18H23FN2O.ClH/c19-14-3-1-2-13(11-14)18(6-7-18)21-17(22)10-12-8-15-4-5-16(9-12)20-15;/h1-3,11-12,15-16,20H,4-10H2,(H,21,22);1H. The highest BCUT2D eigenvalue weighted by Gasteiger charge is 2.46. The Kier molecular flexibility index (Phi) is 4.65. The van der Waals surface area contributed by atoms with Crippen molar-refractivity contribution in [2.75, 3.05) is 0 Å². The summed E-state index contributed by atoms with van der Waals surface area (Å²) in [6.07, 6.45) is 7.21. The van der Waals surface area contributed by atoms with Gasteiger partial charge in [0.15, 0.2) is 0 Å². The Hall–Kier alpha value is -1.13. The Morgan fingerprint density at radius 3 is 2.57 bits per heavy atom. The lowest BCUT2D eigenvalue weighted by molar-refractivity contribution is -0.123. The number of rotatable bonds is 4. The van der Waals surface area contributed by atoms with Crippen molar-refractivity contribution >= 4 is 18.3 Å². The molecule has 1 aromatic carbocycles. The third kappa shape index (κ3) is 3.53. The monoisotopic (exact) mass is 338 g/mol. The van der Waals surface area contributed by atoms with Crippen LogP contribution in [0.5, 0.6) is 0 Å². The van der Waals surface area contributed by atoms with Crippen molar-refractivity contribution in [2.45, 2.75) is 62.6 Å². The van der Waals surface area contributed by atoms with Crippen LogP contribution in [-0.4, -0.2) is 18.0 Å². The molecule has 2 bridgehead atoms. The average molecular weight is 339 g/mol. The quantitative estimate of drug-likeness (QED) is 0.884. The number of amides is 1. The first-order valence-corrected chi connectivity index (χ1v) is 8.46. The number of carbonyl (C=O) groups is 1. The highest BCUT2D eigenvalue weighted by molar-refractivity contribution is 5.85. The van der Waals surface area contributed by atoms with E-state index in [0.717, 1.165) is 31.2 Å². The maximum atomic E-state index is 13.4. The minimum Gasteiger partial charge on any atom is -0.347 e. The molecule has 126 valence electrons. The molecule has 2 aliphatic heterocycles. The Morgan fingerprint density at radius 1 is 1.26 bits per heavy atom. The van der Waals surface area contributed by atoms with Gasteiger partial charge in [0.1, 0.15) is 5.82 Å². The number of benzene rings is 1. The normalized spacial score (nSPS) is 30.4. The molecule has 3 aliphatic rings. The van der Waals surface area contributed by atoms with Gasteiger partial charge in [-0.25, -0.2) is 4.39 Å². The van der Waals surface area contributed by atoms with Gasteiger partial charge in [0.05, 0.1) is 5.54 Å². The third-order valence-electron chi connectivity index (χ3n) is 5.55. The van der Waals surface area contributed by atoms with Crippen LogP contribution < -0.4 is 10.6 Å². The Bertz CT molecular complexity index is 578. The molecular weight excluding hydrogens is 315 g/mol. The van der Waals surface area contributed by atoms with Gasteiger partial charge in [-0.1, -0.05) is 12.1 Å². The first kappa shape index (κ1) is 16.7. The van der Waals surface area contributed by atoms with Gasteiger partial charge in [0, 0.05) is 18.5 Å². The number of piperidine rings is 1. The lowest BCUT2D eigenvalue weighted by Gasteiger charge is -2.29. The molecule has 3 nitrogen and oxygen atoms in total. The molecule has 1 aromatic rings. The molecule has 2 unspecified atom stereocenters. The molecule has 2 heterocycles. The number of carbonyl (C=O) groups excluding carboxylic acids is 1. The van der Waals surface area contributed by atoms with Crippen molar-refractivity contribution in [1.29, 1.82) is 0 Å². The Labute approximate surface area is 142 Å². The summed E-state index contributed by atoms with van der Waals surface area (Å²) in [5.41, 5.74) is 0.608. The van der Waals surface area contributed by atoms with Gasteiger partial charge in [0.2, 0.25) is 5.91 Å². The predicted molar refractivity (Wildman–Crippen MR) is 90.0 cm³/mol. The van der Waals surface area contributed by atoms with Gasteiger partial charge >= 0.3 is 0 Å². The molecule has 0 aromatic heterocycles. The van der Waals surface area contributed by atoms with Crippen LogP contribution in [0.25, 0.3) is 0 Å². The van der Waals surface area contributed by atoms with Gasteiger partial charge in [0.25, 0.3) is 0 Å². The SMILES string of the molecule is Cl.O=C(CC1CC2CCC(C1)N2)NC1(c2cccc(F)c2)CC1. The number of nitrogens with one attached hydrogen (secondary N) is 2. The van der Waals surface area contributed by atoms with E-state index in [0.29, 0.717) is 24.4 Å². The molecule has 2 saturated heterocycles. The first-order valence-electron chi connectivity index (χ1n) is 8.46. The summed E-state index contributed by atoms with van der Waals surface area (Å²) in [5, 5.41) is 6.80. The predicted octanol–water partition coefficient (Wildman–Crippen LogP) is 3.27. The summed E-state index contributed by atoms with van der Waals surface area (Å²) < 4.78 is 13.4. The molecule has 5 heteroatoms. The van der Waals surface area contributed by atoms with Crippen molar-refractivity contribution in [2.24, 2.45) is 5.92 Å². The summed E-state index contributed by atoms with van der Waals surface area (Å²) in [5.74, 6) is 0.406. The molecule has 2 atom stereocenters. The van der Waals surface area contributed by atoms with Crippen LogP contribution in [0, 0.1) is 11.7 Å². The molecule has 1 amide bonds. The van der Waals surface area contributed by atoms with Gasteiger partial charge in [-0.15, -0.1) is 12.4 Å². The van der Waals surface area contributed by atoms with E-state index in [1.54, 1.807) is 12.1 Å². The van der Waals surface area contributed by atoms with Gasteiger partial charge in [-0.3, -0.25) is 4.79 Å². The van der Waals surface area contributed by atoms with Crippen molar-refractivity contribution in [1.82, 2.24) is 10.6 Å². The number of hydrogen-bond donors (Lipinski definition) is 2. The van der Waals surface area contributed by atoms with E-state index in [4.69, 9.17) is 0 Å². The van der Waals surface area contributed by atoms with Gasteiger partial charge < -0.3 is 10.6 Å². The van der Waals surface area contributed by atoms with Crippen LogP contribution in [0.3, 0.4) is 0 Å². The maximum absolute atomic E-state index is 13.4. The molecule has 1 aliphatic carbocycles. The fourth-order valence-electron chi connectivity index (χ4n) is 4.32. The lowest BCUT2D eigenvalue weighted by atomic mass is 9.89. The second-order valence-electron chi connectivity index (χ2n) is 7.32. The van der Waals surface area contributed by atoms with E-state index in [1.807, 2.05) is 6.07 Å². The van der Waals surface area contributed by atoms with Crippen LogP contribution in [0.15, 0.2) is 24.3 Å². The lowest BCUT2D eigenvalue weighted by Crippen LogP contribution is -2.41. The summed E-state index contributed by atoms with van der Waals surface area (Å²) in [7, 11) is 0. The minimum atomic E-state index is -0.301. The summed E-state index contributed by atoms with van der Waals surface area (Å²) in [4.78, 5) is 12.4. The first-order chi connectivity index (χ1) is 10.6. The number of fused-ring (bicyclic) bond motifs is 2. The zero-order valence-electron chi connectivity index (χ0n) is 13.2. The zero-order chi connectivity index (χ0) is 15.2. The van der Waals surface area contributed by atoms with Crippen LogP contribution in [-0.2, 0) is 10.3 Å². The smallest absolute Gasteiger partial charge is 0.220 e. The van der Waals surface area contributed by atoms with E-state index < -0.39 is 0 Å². The minimum absolute atomic E-state index is 0. The van der Waals surface area contributed by atoms with Gasteiger partial charge in [-0.05, 0) is 62.1 Å². The molecule has 1 saturated carbocycles. The van der Waals surface area contributed by atoms with Crippen LogP contribution in [0.1, 0.15) is 50.5 Å². The van der Waals surface area contributed by atoms with Crippen LogP contribution in [0.4, 0.5) is 4.39 Å². The van der Waals surface area contributed by atoms with Crippen LogP contribution >= 0.6 is 12.4 Å². The van der Waals surface area contributed by atoms with Crippen molar-refractivity contribution < 1.29 is 9.18 Å². The fourth-order valence-corrected chi connectivity index (χ4v) is 4.32. The van der Waals surface area contributed by atoms with Crippen LogP contribution in [0.2, 0.25) is 0 Å².